The molecule has 2 aromatic heterocycles. The Morgan fingerprint density at radius 2 is 1.79 bits per heavy atom. The molecule has 0 radical (unpaired) electrons. The number of hydrogen-bond acceptors (Lipinski definition) is 3. The van der Waals surface area contributed by atoms with Crippen LogP contribution in [0.1, 0.15) is 17.3 Å². The molecule has 2 heterocycles. The number of hydrogen-bond donors (Lipinski definition) is 0. The van der Waals surface area contributed by atoms with Crippen molar-refractivity contribution in [1.29, 1.82) is 0 Å². The predicted octanol–water partition coefficient (Wildman–Crippen LogP) is 4.33. The van der Waals surface area contributed by atoms with E-state index in [0.717, 1.165) is 21.9 Å². The lowest BCUT2D eigenvalue weighted by molar-refractivity contribution is 0.0529. The third kappa shape index (κ3) is 2.24. The minimum atomic E-state index is -0.345. The van der Waals surface area contributed by atoms with Crippen molar-refractivity contribution in [3.8, 4) is 11.3 Å². The van der Waals surface area contributed by atoms with Crippen LogP contribution in [0, 0.1) is 0 Å². The molecule has 0 aliphatic heterocycles. The van der Waals surface area contributed by atoms with Gasteiger partial charge in [0.15, 0.2) is 0 Å². The number of benzene rings is 2. The van der Waals surface area contributed by atoms with E-state index >= 15 is 0 Å². The van der Waals surface area contributed by atoms with Crippen molar-refractivity contribution >= 4 is 22.3 Å². The second-order valence-electron chi connectivity index (χ2n) is 5.51. The third-order valence-corrected chi connectivity index (χ3v) is 4.05. The molecule has 0 aliphatic rings. The van der Waals surface area contributed by atoms with E-state index in [1.165, 1.54) is 0 Å². The molecule has 24 heavy (non-hydrogen) atoms. The lowest BCUT2D eigenvalue weighted by Crippen LogP contribution is -2.06. The van der Waals surface area contributed by atoms with Crippen molar-refractivity contribution < 1.29 is 9.53 Å². The van der Waals surface area contributed by atoms with E-state index in [9.17, 15) is 4.79 Å². The van der Waals surface area contributed by atoms with Gasteiger partial charge >= 0.3 is 5.97 Å². The summed E-state index contributed by atoms with van der Waals surface area (Å²) in [5.74, 6) is -0.345. The summed E-state index contributed by atoms with van der Waals surface area (Å²) in [6.45, 7) is 2.14. The Labute approximate surface area is 139 Å². The van der Waals surface area contributed by atoms with E-state index in [1.54, 1.807) is 4.52 Å². The predicted molar refractivity (Wildman–Crippen MR) is 94.1 cm³/mol. The van der Waals surface area contributed by atoms with Crippen LogP contribution in [0.25, 0.3) is 27.5 Å². The highest BCUT2D eigenvalue weighted by Crippen LogP contribution is 2.31. The average molecular weight is 316 g/mol. The standard InChI is InChI=1S/C20H16N2O2/c1-2-24-20(23)17-18(15-9-4-3-5-10-15)21-22-13-12-14-8-6-7-11-16(14)19(17)22/h3-13H,2H2,1H3. The van der Waals surface area contributed by atoms with Crippen LogP contribution in [-0.4, -0.2) is 22.2 Å². The minimum absolute atomic E-state index is 0.329. The van der Waals surface area contributed by atoms with E-state index in [4.69, 9.17) is 4.74 Å². The largest absolute Gasteiger partial charge is 0.462 e. The number of esters is 1. The van der Waals surface area contributed by atoms with Gasteiger partial charge in [0.1, 0.15) is 11.3 Å². The SMILES string of the molecule is CCOC(=O)c1c(-c2ccccc2)nn2ccc3ccccc3c12. The maximum Gasteiger partial charge on any atom is 0.342 e. The van der Waals surface area contributed by atoms with Gasteiger partial charge in [-0.05, 0) is 18.4 Å². The topological polar surface area (TPSA) is 43.6 Å². The second-order valence-corrected chi connectivity index (χ2v) is 5.51. The molecule has 4 rings (SSSR count). The first-order chi connectivity index (χ1) is 11.8. The molecule has 2 aromatic carbocycles. The lowest BCUT2D eigenvalue weighted by Gasteiger charge is -2.05. The third-order valence-electron chi connectivity index (χ3n) is 4.05. The van der Waals surface area contributed by atoms with Crippen LogP contribution in [-0.2, 0) is 4.74 Å². The van der Waals surface area contributed by atoms with Gasteiger partial charge in [0, 0.05) is 17.1 Å². The number of ether oxygens (including phenoxy) is 1. The Hall–Kier alpha value is -3.14. The summed E-state index contributed by atoms with van der Waals surface area (Å²) in [5.41, 5.74) is 2.84. The molecule has 0 saturated heterocycles. The molecule has 0 bridgehead atoms. The summed E-state index contributed by atoms with van der Waals surface area (Å²) in [7, 11) is 0. The van der Waals surface area contributed by atoms with Gasteiger partial charge in [0.05, 0.1) is 12.1 Å². The van der Waals surface area contributed by atoms with Crippen molar-refractivity contribution in [2.75, 3.05) is 6.61 Å². The monoisotopic (exact) mass is 316 g/mol. The van der Waals surface area contributed by atoms with Crippen LogP contribution in [0.3, 0.4) is 0 Å². The molecule has 4 nitrogen and oxygen atoms in total. The molecule has 0 N–H and O–H groups in total. The summed E-state index contributed by atoms with van der Waals surface area (Å²) in [5, 5.41) is 6.70. The summed E-state index contributed by atoms with van der Waals surface area (Å²) < 4.78 is 7.07. The second kappa shape index (κ2) is 5.81. The van der Waals surface area contributed by atoms with Crippen molar-refractivity contribution in [2.24, 2.45) is 0 Å². The fourth-order valence-corrected chi connectivity index (χ4v) is 3.00. The highest BCUT2D eigenvalue weighted by molar-refractivity contribution is 6.11. The van der Waals surface area contributed by atoms with Crippen LogP contribution in [0.5, 0.6) is 0 Å². The zero-order chi connectivity index (χ0) is 16.5. The smallest absolute Gasteiger partial charge is 0.342 e. The van der Waals surface area contributed by atoms with Gasteiger partial charge in [0.2, 0.25) is 0 Å². The molecular weight excluding hydrogens is 300 g/mol. The first-order valence-electron chi connectivity index (χ1n) is 7.92. The number of nitrogens with zero attached hydrogens (tertiary/aromatic N) is 2. The Balaban J connectivity index is 2.11. The number of carbonyl (C=O) groups is 1. The zero-order valence-electron chi connectivity index (χ0n) is 13.3. The molecule has 0 amide bonds. The quantitative estimate of drug-likeness (QED) is 0.528. The number of pyridine rings is 1. The van der Waals surface area contributed by atoms with Gasteiger partial charge in [-0.15, -0.1) is 0 Å². The highest BCUT2D eigenvalue weighted by Gasteiger charge is 2.23. The molecule has 0 spiro atoms. The van der Waals surface area contributed by atoms with E-state index in [0.29, 0.717) is 17.9 Å². The lowest BCUT2D eigenvalue weighted by atomic mass is 10.0. The Bertz CT molecular complexity index is 1040. The first-order valence-corrected chi connectivity index (χ1v) is 7.92. The Morgan fingerprint density at radius 1 is 1.04 bits per heavy atom. The molecule has 4 aromatic rings. The van der Waals surface area contributed by atoms with E-state index < -0.39 is 0 Å². The van der Waals surface area contributed by atoms with Gasteiger partial charge in [-0.1, -0.05) is 54.6 Å². The number of aromatic nitrogens is 2. The molecule has 118 valence electrons. The summed E-state index contributed by atoms with van der Waals surface area (Å²) >= 11 is 0. The van der Waals surface area contributed by atoms with Crippen LogP contribution >= 0.6 is 0 Å². The van der Waals surface area contributed by atoms with Gasteiger partial charge in [0.25, 0.3) is 0 Å². The molecule has 0 atom stereocenters. The van der Waals surface area contributed by atoms with Crippen molar-refractivity contribution in [3.63, 3.8) is 0 Å². The van der Waals surface area contributed by atoms with Crippen molar-refractivity contribution in [1.82, 2.24) is 9.61 Å². The molecule has 0 unspecified atom stereocenters. The number of carbonyl (C=O) groups excluding carboxylic acids is 1. The Morgan fingerprint density at radius 3 is 2.58 bits per heavy atom. The van der Waals surface area contributed by atoms with E-state index in [-0.39, 0.29) is 5.97 Å². The fraction of sp³-hybridized carbons (Fsp3) is 0.100. The normalized spacial score (nSPS) is 11.0. The maximum absolute atomic E-state index is 12.7. The van der Waals surface area contributed by atoms with Gasteiger partial charge < -0.3 is 4.74 Å². The fourth-order valence-electron chi connectivity index (χ4n) is 3.00. The molecule has 4 heteroatoms. The van der Waals surface area contributed by atoms with Crippen molar-refractivity contribution in [2.45, 2.75) is 6.92 Å². The average Bonchev–Trinajstić information content (AvgIpc) is 3.03. The summed E-state index contributed by atoms with van der Waals surface area (Å²) in [6.07, 6.45) is 1.88. The number of rotatable bonds is 3. The van der Waals surface area contributed by atoms with Crippen LogP contribution in [0.2, 0.25) is 0 Å². The molecule has 0 aliphatic carbocycles. The Kier molecular flexibility index (Phi) is 3.50. The summed E-state index contributed by atoms with van der Waals surface area (Å²) in [6, 6.07) is 19.7. The van der Waals surface area contributed by atoms with Crippen LogP contribution in [0.15, 0.2) is 66.9 Å². The molecule has 0 saturated carbocycles. The number of fused-ring (bicyclic) bond motifs is 3. The van der Waals surface area contributed by atoms with Gasteiger partial charge in [-0.3, -0.25) is 0 Å². The first kappa shape index (κ1) is 14.5. The molecule has 0 fully saturated rings. The van der Waals surface area contributed by atoms with Crippen LogP contribution < -0.4 is 0 Å². The van der Waals surface area contributed by atoms with Gasteiger partial charge in [-0.25, -0.2) is 9.31 Å². The molecular formula is C20H16N2O2. The minimum Gasteiger partial charge on any atom is -0.462 e. The maximum atomic E-state index is 12.7. The van der Waals surface area contributed by atoms with E-state index in [2.05, 4.69) is 5.10 Å². The zero-order valence-corrected chi connectivity index (χ0v) is 13.3. The van der Waals surface area contributed by atoms with Gasteiger partial charge in [-0.2, -0.15) is 5.10 Å². The van der Waals surface area contributed by atoms with E-state index in [1.807, 2.05) is 73.8 Å². The summed E-state index contributed by atoms with van der Waals surface area (Å²) in [4.78, 5) is 12.7. The van der Waals surface area contributed by atoms with Crippen molar-refractivity contribution in [3.05, 3.63) is 72.4 Å². The highest BCUT2D eigenvalue weighted by atomic mass is 16.5. The van der Waals surface area contributed by atoms with Crippen LogP contribution in [0.4, 0.5) is 0 Å².